The molecule has 0 N–H and O–H groups in total. The van der Waals surface area contributed by atoms with E-state index in [2.05, 4.69) is 4.40 Å². The summed E-state index contributed by atoms with van der Waals surface area (Å²) >= 11 is 10.5. The van der Waals surface area contributed by atoms with Gasteiger partial charge in [0.2, 0.25) is 0 Å². The quantitative estimate of drug-likeness (QED) is 0.381. The first-order valence-electron chi connectivity index (χ1n) is 8.09. The van der Waals surface area contributed by atoms with Crippen molar-refractivity contribution in [1.29, 1.82) is 0 Å². The van der Waals surface area contributed by atoms with Gasteiger partial charge in [-0.1, -0.05) is 34.2 Å². The molecule has 0 radical (unpaired) electrons. The molecule has 1 atom stereocenters. The molecule has 0 spiro atoms. The van der Waals surface area contributed by atoms with Crippen LogP contribution >= 0.6 is 23.8 Å². The van der Waals surface area contributed by atoms with Gasteiger partial charge < -0.3 is 9.29 Å². The lowest BCUT2D eigenvalue weighted by molar-refractivity contribution is 0.416. The van der Waals surface area contributed by atoms with E-state index in [0.29, 0.717) is 10.1 Å². The summed E-state index contributed by atoms with van der Waals surface area (Å²) in [6.07, 6.45) is 1.63. The monoisotopic (exact) mass is 407 g/mol. The van der Waals surface area contributed by atoms with Crippen LogP contribution < -0.4 is 0 Å². The summed E-state index contributed by atoms with van der Waals surface area (Å²) in [7, 11) is 1.55. The molecule has 0 heterocycles. The van der Waals surface area contributed by atoms with E-state index in [1.165, 1.54) is 0 Å². The van der Waals surface area contributed by atoms with E-state index in [9.17, 15) is 4.55 Å². The number of benzene rings is 2. The molecule has 0 fully saturated rings. The van der Waals surface area contributed by atoms with Crippen molar-refractivity contribution in [3.05, 3.63) is 58.1 Å². The molecule has 1 unspecified atom stereocenters. The highest BCUT2D eigenvalue weighted by molar-refractivity contribution is 7.91. The number of halogens is 1. The first-order chi connectivity index (χ1) is 12.1. The van der Waals surface area contributed by atoms with Crippen LogP contribution in [-0.2, 0) is 16.1 Å². The minimum atomic E-state index is -1.36. The fraction of sp³-hybridized carbons (Fsp3) is 0.300. The van der Waals surface area contributed by atoms with E-state index in [0.717, 1.165) is 27.8 Å². The Morgan fingerprint density at radius 1 is 1.27 bits per heavy atom. The van der Waals surface area contributed by atoms with Crippen molar-refractivity contribution in [2.45, 2.75) is 32.4 Å². The van der Waals surface area contributed by atoms with Crippen LogP contribution in [0.4, 0.5) is 0 Å². The van der Waals surface area contributed by atoms with Gasteiger partial charge >= 0.3 is 0 Å². The lowest BCUT2D eigenvalue weighted by Crippen LogP contribution is -2.25. The standard InChI is InChI=1S/C20H22ClNO2S2/c1-13-10-14(12-22-26(23)20(2,3)4)18(17(21)11-13)15-8-6-7-9-16(15)19(25)24-5/h6-12H,1-5H3. The third-order valence-corrected chi connectivity index (χ3v) is 5.71. The summed E-state index contributed by atoms with van der Waals surface area (Å²) in [5, 5.41) is 0.970. The SMILES string of the molecule is COC(=S)c1ccccc1-c1c(Cl)cc(C)cc1C=N[S+]([O-])C(C)(C)C. The number of ether oxygens (including phenoxy) is 1. The maximum Gasteiger partial charge on any atom is 0.191 e. The molecule has 0 aliphatic carbocycles. The summed E-state index contributed by atoms with van der Waals surface area (Å²) in [6.45, 7) is 7.62. The van der Waals surface area contributed by atoms with Gasteiger partial charge in [0.1, 0.15) is 16.1 Å². The Hall–Kier alpha value is -1.40. The van der Waals surface area contributed by atoms with E-state index in [-0.39, 0.29) is 0 Å². The van der Waals surface area contributed by atoms with Crippen LogP contribution in [0.25, 0.3) is 11.1 Å². The molecule has 0 saturated carbocycles. The number of methoxy groups -OCH3 is 1. The van der Waals surface area contributed by atoms with Crippen LogP contribution in [0.3, 0.4) is 0 Å². The largest absolute Gasteiger partial charge is 0.591 e. The van der Waals surface area contributed by atoms with E-state index in [1.807, 2.05) is 64.1 Å². The molecule has 0 aliphatic heterocycles. The van der Waals surface area contributed by atoms with E-state index >= 15 is 0 Å². The normalized spacial score (nSPS) is 13.0. The number of hydrogen-bond donors (Lipinski definition) is 0. The van der Waals surface area contributed by atoms with Crippen LogP contribution in [0.5, 0.6) is 0 Å². The molecular weight excluding hydrogens is 386 g/mol. The highest BCUT2D eigenvalue weighted by atomic mass is 35.5. The Balaban J connectivity index is 2.64. The molecule has 0 saturated heterocycles. The van der Waals surface area contributed by atoms with Crippen LogP contribution in [0.15, 0.2) is 40.8 Å². The average molecular weight is 408 g/mol. The molecule has 2 aromatic carbocycles. The summed E-state index contributed by atoms with van der Waals surface area (Å²) in [5.74, 6) is 0. The minimum absolute atomic E-state index is 0.387. The maximum absolute atomic E-state index is 12.3. The number of aryl methyl sites for hydroxylation is 1. The number of hydrogen-bond acceptors (Lipinski definition) is 4. The Kier molecular flexibility index (Phi) is 6.86. The topological polar surface area (TPSA) is 44.6 Å². The minimum Gasteiger partial charge on any atom is -0.591 e. The molecule has 0 bridgehead atoms. The number of rotatable bonds is 4. The molecule has 0 aliphatic rings. The van der Waals surface area contributed by atoms with Gasteiger partial charge in [-0.2, -0.15) is 0 Å². The highest BCUT2D eigenvalue weighted by Gasteiger charge is 2.26. The lowest BCUT2D eigenvalue weighted by atomic mass is 9.94. The van der Waals surface area contributed by atoms with Gasteiger partial charge in [-0.05, 0) is 69.2 Å². The maximum atomic E-state index is 12.3. The zero-order valence-corrected chi connectivity index (χ0v) is 17.9. The second-order valence-corrected chi connectivity index (χ2v) is 9.56. The smallest absolute Gasteiger partial charge is 0.191 e. The van der Waals surface area contributed by atoms with Crippen molar-refractivity contribution < 1.29 is 9.29 Å². The predicted octanol–water partition coefficient (Wildman–Crippen LogP) is 5.52. The van der Waals surface area contributed by atoms with Gasteiger partial charge in [0.05, 0.1) is 13.3 Å². The van der Waals surface area contributed by atoms with Crippen molar-refractivity contribution in [2.24, 2.45) is 4.40 Å². The molecule has 2 rings (SSSR count). The zero-order valence-electron chi connectivity index (χ0n) is 15.5. The van der Waals surface area contributed by atoms with Crippen molar-refractivity contribution in [1.82, 2.24) is 0 Å². The highest BCUT2D eigenvalue weighted by Crippen LogP contribution is 2.35. The summed E-state index contributed by atoms with van der Waals surface area (Å²) in [6, 6.07) is 11.5. The Morgan fingerprint density at radius 2 is 1.92 bits per heavy atom. The first-order valence-corrected chi connectivity index (χ1v) is 9.98. The van der Waals surface area contributed by atoms with E-state index in [1.54, 1.807) is 13.3 Å². The van der Waals surface area contributed by atoms with E-state index in [4.69, 9.17) is 28.6 Å². The van der Waals surface area contributed by atoms with Crippen molar-refractivity contribution in [2.75, 3.05) is 7.11 Å². The van der Waals surface area contributed by atoms with Crippen LogP contribution in [0.1, 0.15) is 37.5 Å². The van der Waals surface area contributed by atoms with Gasteiger partial charge in [-0.25, -0.2) is 0 Å². The third kappa shape index (κ3) is 4.86. The molecule has 138 valence electrons. The molecule has 6 heteroatoms. The van der Waals surface area contributed by atoms with Crippen LogP contribution in [0, 0.1) is 6.92 Å². The van der Waals surface area contributed by atoms with Crippen molar-refractivity contribution >= 4 is 46.4 Å². The number of thiocarbonyl (C=S) groups is 1. The number of nitrogens with zero attached hydrogens (tertiary/aromatic N) is 1. The Bertz CT molecular complexity index is 844. The van der Waals surface area contributed by atoms with Crippen LogP contribution in [0.2, 0.25) is 5.02 Å². The second kappa shape index (κ2) is 8.53. The fourth-order valence-corrected chi connectivity index (χ4v) is 3.49. The summed E-state index contributed by atoms with van der Waals surface area (Å²) < 4.78 is 21.4. The van der Waals surface area contributed by atoms with E-state index < -0.39 is 16.1 Å². The molecule has 0 aromatic heterocycles. The average Bonchev–Trinajstić information content (AvgIpc) is 2.57. The predicted molar refractivity (Wildman–Crippen MR) is 116 cm³/mol. The van der Waals surface area contributed by atoms with Gasteiger partial charge in [0.25, 0.3) is 0 Å². The van der Waals surface area contributed by atoms with Crippen LogP contribution in [-0.4, -0.2) is 27.7 Å². The molecule has 3 nitrogen and oxygen atoms in total. The molecule has 2 aromatic rings. The molecule has 0 amide bonds. The van der Waals surface area contributed by atoms with Crippen molar-refractivity contribution in [3.8, 4) is 11.1 Å². The summed E-state index contributed by atoms with van der Waals surface area (Å²) in [4.78, 5) is 0. The zero-order chi connectivity index (χ0) is 19.5. The van der Waals surface area contributed by atoms with Crippen molar-refractivity contribution in [3.63, 3.8) is 0 Å². The van der Waals surface area contributed by atoms with Gasteiger partial charge in [-0.3, -0.25) is 0 Å². The lowest BCUT2D eigenvalue weighted by Gasteiger charge is -2.18. The first kappa shape index (κ1) is 20.9. The third-order valence-electron chi connectivity index (χ3n) is 3.68. The van der Waals surface area contributed by atoms with Gasteiger partial charge in [0, 0.05) is 21.7 Å². The molecule has 26 heavy (non-hydrogen) atoms. The Morgan fingerprint density at radius 3 is 2.54 bits per heavy atom. The van der Waals surface area contributed by atoms with Gasteiger partial charge in [-0.15, -0.1) is 0 Å². The second-order valence-electron chi connectivity index (χ2n) is 6.84. The van der Waals surface area contributed by atoms with Gasteiger partial charge in [0.15, 0.2) is 5.05 Å². The fourth-order valence-electron chi connectivity index (χ4n) is 2.41. The molecular formula is C20H22ClNO2S2. The Labute approximate surface area is 168 Å². The summed E-state index contributed by atoms with van der Waals surface area (Å²) in [5.41, 5.74) is 4.21.